The van der Waals surface area contributed by atoms with Crippen molar-refractivity contribution in [3.63, 3.8) is 0 Å². The summed E-state index contributed by atoms with van der Waals surface area (Å²) in [5, 5.41) is 2.88. The van der Waals surface area contributed by atoms with Crippen molar-refractivity contribution in [3.05, 3.63) is 35.9 Å². The van der Waals surface area contributed by atoms with Gasteiger partial charge in [-0.15, -0.1) is 0 Å². The lowest BCUT2D eigenvalue weighted by Gasteiger charge is -2.26. The van der Waals surface area contributed by atoms with Crippen molar-refractivity contribution < 1.29 is 9.53 Å². The first kappa shape index (κ1) is 11.0. The first-order valence-electron chi connectivity index (χ1n) is 5.51. The van der Waals surface area contributed by atoms with Gasteiger partial charge in [0.05, 0.1) is 6.61 Å². The normalized spacial score (nSPS) is 15.9. The predicted octanol–water partition coefficient (Wildman–Crippen LogP) is 1.58. The van der Waals surface area contributed by atoms with Gasteiger partial charge in [-0.25, -0.2) is 4.79 Å². The Hall–Kier alpha value is -1.55. The summed E-state index contributed by atoms with van der Waals surface area (Å²) in [6, 6.07) is 9.82. The number of rotatable bonds is 2. The van der Waals surface area contributed by atoms with Crippen LogP contribution < -0.4 is 5.32 Å². The molecule has 4 heteroatoms. The zero-order chi connectivity index (χ0) is 11.2. The fourth-order valence-corrected chi connectivity index (χ4v) is 1.64. The van der Waals surface area contributed by atoms with Crippen LogP contribution in [0.2, 0.25) is 0 Å². The Balaban J connectivity index is 1.79. The summed E-state index contributed by atoms with van der Waals surface area (Å²) in [5.41, 5.74) is 1.11. The third kappa shape index (κ3) is 2.97. The van der Waals surface area contributed by atoms with Crippen LogP contribution in [0.15, 0.2) is 30.3 Å². The first-order valence-corrected chi connectivity index (χ1v) is 5.51. The molecule has 1 aliphatic rings. The zero-order valence-electron chi connectivity index (χ0n) is 9.19. The van der Waals surface area contributed by atoms with Gasteiger partial charge in [0.25, 0.3) is 0 Å². The summed E-state index contributed by atoms with van der Waals surface area (Å²) in [6.07, 6.45) is 0.915. The van der Waals surface area contributed by atoms with Gasteiger partial charge in [0.2, 0.25) is 0 Å². The number of hydrogen-bond donors (Lipinski definition) is 1. The second kappa shape index (κ2) is 5.51. The SMILES string of the molecule is O=C(NCc1ccccc1)N1CCCOC1. The monoisotopic (exact) mass is 220 g/mol. The lowest BCUT2D eigenvalue weighted by Crippen LogP contribution is -2.44. The largest absolute Gasteiger partial charge is 0.361 e. The predicted molar refractivity (Wildman–Crippen MR) is 60.8 cm³/mol. The molecule has 1 saturated heterocycles. The molecule has 0 bridgehead atoms. The molecular weight excluding hydrogens is 204 g/mol. The van der Waals surface area contributed by atoms with E-state index >= 15 is 0 Å². The third-order valence-electron chi connectivity index (χ3n) is 2.54. The molecule has 1 aromatic rings. The molecule has 0 aromatic heterocycles. The Morgan fingerprint density at radius 1 is 1.38 bits per heavy atom. The minimum Gasteiger partial charge on any atom is -0.361 e. The number of ether oxygens (including phenoxy) is 1. The van der Waals surface area contributed by atoms with Crippen LogP contribution in [0.5, 0.6) is 0 Å². The molecule has 0 unspecified atom stereocenters. The average molecular weight is 220 g/mol. The smallest absolute Gasteiger partial charge is 0.319 e. The molecule has 4 nitrogen and oxygen atoms in total. The van der Waals surface area contributed by atoms with E-state index in [0.29, 0.717) is 13.3 Å². The summed E-state index contributed by atoms with van der Waals surface area (Å²) in [5.74, 6) is 0. The number of nitrogens with zero attached hydrogens (tertiary/aromatic N) is 1. The van der Waals surface area contributed by atoms with Crippen molar-refractivity contribution in [2.24, 2.45) is 0 Å². The van der Waals surface area contributed by atoms with Crippen LogP contribution in [0.4, 0.5) is 4.79 Å². The van der Waals surface area contributed by atoms with Crippen LogP contribution in [0.3, 0.4) is 0 Å². The molecule has 1 aromatic carbocycles. The second-order valence-corrected chi connectivity index (χ2v) is 3.80. The van der Waals surface area contributed by atoms with Crippen molar-refractivity contribution >= 4 is 6.03 Å². The summed E-state index contributed by atoms with van der Waals surface area (Å²) in [7, 11) is 0. The summed E-state index contributed by atoms with van der Waals surface area (Å²) in [4.78, 5) is 13.4. The first-order chi connectivity index (χ1) is 7.86. The second-order valence-electron chi connectivity index (χ2n) is 3.80. The Morgan fingerprint density at radius 3 is 2.88 bits per heavy atom. The number of hydrogen-bond acceptors (Lipinski definition) is 2. The Bertz CT molecular complexity index is 334. The molecule has 1 N–H and O–H groups in total. The van der Waals surface area contributed by atoms with E-state index in [1.807, 2.05) is 30.3 Å². The quantitative estimate of drug-likeness (QED) is 0.822. The number of nitrogens with one attached hydrogen (secondary N) is 1. The van der Waals surface area contributed by atoms with Crippen molar-refractivity contribution in [2.75, 3.05) is 19.9 Å². The highest BCUT2D eigenvalue weighted by Gasteiger charge is 2.15. The number of carbonyl (C=O) groups is 1. The molecule has 0 saturated carbocycles. The molecule has 16 heavy (non-hydrogen) atoms. The van der Waals surface area contributed by atoms with E-state index in [0.717, 1.165) is 25.1 Å². The fraction of sp³-hybridized carbons (Fsp3) is 0.417. The number of urea groups is 1. The Morgan fingerprint density at radius 2 is 2.19 bits per heavy atom. The molecular formula is C12H16N2O2. The minimum absolute atomic E-state index is 0.0523. The van der Waals surface area contributed by atoms with Gasteiger partial charge >= 0.3 is 6.03 Å². The molecule has 1 fully saturated rings. The number of carbonyl (C=O) groups excluding carboxylic acids is 1. The number of amides is 2. The lowest BCUT2D eigenvalue weighted by atomic mass is 10.2. The molecule has 0 radical (unpaired) electrons. The van der Waals surface area contributed by atoms with Crippen molar-refractivity contribution in [2.45, 2.75) is 13.0 Å². The molecule has 0 aliphatic carbocycles. The standard InChI is InChI=1S/C12H16N2O2/c15-12(14-7-4-8-16-10-14)13-9-11-5-2-1-3-6-11/h1-3,5-6H,4,7-10H2,(H,13,15). The molecule has 0 atom stereocenters. The van der Waals surface area contributed by atoms with E-state index in [1.165, 1.54) is 0 Å². The Kier molecular flexibility index (Phi) is 3.77. The van der Waals surface area contributed by atoms with E-state index in [-0.39, 0.29) is 6.03 Å². The van der Waals surface area contributed by atoms with Crippen LogP contribution in [-0.2, 0) is 11.3 Å². The van der Waals surface area contributed by atoms with Crippen LogP contribution in [0, 0.1) is 0 Å². The third-order valence-corrected chi connectivity index (χ3v) is 2.54. The molecule has 2 rings (SSSR count). The lowest BCUT2D eigenvalue weighted by molar-refractivity contribution is 0.00873. The average Bonchev–Trinajstić information content (AvgIpc) is 2.38. The van der Waals surface area contributed by atoms with Gasteiger partial charge in [-0.2, -0.15) is 0 Å². The van der Waals surface area contributed by atoms with Gasteiger partial charge in [-0.3, -0.25) is 0 Å². The van der Waals surface area contributed by atoms with E-state index < -0.39 is 0 Å². The van der Waals surface area contributed by atoms with Gasteiger partial charge in [0.15, 0.2) is 0 Å². The molecule has 1 heterocycles. The minimum atomic E-state index is -0.0523. The molecule has 0 spiro atoms. The summed E-state index contributed by atoms with van der Waals surface area (Å²) < 4.78 is 5.22. The number of benzene rings is 1. The highest BCUT2D eigenvalue weighted by Crippen LogP contribution is 2.02. The van der Waals surface area contributed by atoms with Crippen LogP contribution in [0.25, 0.3) is 0 Å². The van der Waals surface area contributed by atoms with Gasteiger partial charge in [0, 0.05) is 13.1 Å². The van der Waals surface area contributed by atoms with E-state index in [4.69, 9.17) is 4.74 Å². The van der Waals surface area contributed by atoms with E-state index in [9.17, 15) is 4.79 Å². The van der Waals surface area contributed by atoms with E-state index in [1.54, 1.807) is 4.90 Å². The van der Waals surface area contributed by atoms with Crippen LogP contribution in [-0.4, -0.2) is 30.8 Å². The fourth-order valence-electron chi connectivity index (χ4n) is 1.64. The highest BCUT2D eigenvalue weighted by molar-refractivity contribution is 5.74. The van der Waals surface area contributed by atoms with Gasteiger partial charge in [0.1, 0.15) is 6.73 Å². The molecule has 86 valence electrons. The Labute approximate surface area is 95.2 Å². The molecule has 2 amide bonds. The van der Waals surface area contributed by atoms with Crippen molar-refractivity contribution in [1.29, 1.82) is 0 Å². The van der Waals surface area contributed by atoms with E-state index in [2.05, 4.69) is 5.32 Å². The maximum atomic E-state index is 11.7. The van der Waals surface area contributed by atoms with Gasteiger partial charge < -0.3 is 15.0 Å². The van der Waals surface area contributed by atoms with Gasteiger partial charge in [-0.05, 0) is 12.0 Å². The maximum Gasteiger partial charge on any atom is 0.319 e. The molecule has 1 aliphatic heterocycles. The van der Waals surface area contributed by atoms with Crippen molar-refractivity contribution in [1.82, 2.24) is 10.2 Å². The van der Waals surface area contributed by atoms with Crippen molar-refractivity contribution in [3.8, 4) is 0 Å². The topological polar surface area (TPSA) is 41.6 Å². The highest BCUT2D eigenvalue weighted by atomic mass is 16.5. The maximum absolute atomic E-state index is 11.7. The summed E-state index contributed by atoms with van der Waals surface area (Å²) in [6.45, 7) is 2.50. The van der Waals surface area contributed by atoms with Gasteiger partial charge in [-0.1, -0.05) is 30.3 Å². The zero-order valence-corrected chi connectivity index (χ0v) is 9.19. The summed E-state index contributed by atoms with van der Waals surface area (Å²) >= 11 is 0. The van der Waals surface area contributed by atoms with Crippen LogP contribution in [0.1, 0.15) is 12.0 Å². The van der Waals surface area contributed by atoms with Crippen LogP contribution >= 0.6 is 0 Å².